The van der Waals surface area contributed by atoms with Gasteiger partial charge >= 0.3 is 6.09 Å². The number of hydrogen-bond donors (Lipinski definition) is 2. The fourth-order valence-electron chi connectivity index (χ4n) is 1.03. The molecular formula is C9H9Cl2NO3. The highest BCUT2D eigenvalue weighted by Crippen LogP contribution is 2.30. The summed E-state index contributed by atoms with van der Waals surface area (Å²) in [5.74, 6) is 0.459. The van der Waals surface area contributed by atoms with Crippen molar-refractivity contribution in [2.24, 2.45) is 0 Å². The highest BCUT2D eigenvalue weighted by Gasteiger charge is 2.08. The summed E-state index contributed by atoms with van der Waals surface area (Å²) in [6.45, 7) is 0.109. The summed E-state index contributed by atoms with van der Waals surface area (Å²) in [4.78, 5) is 10.3. The first kappa shape index (κ1) is 11.9. The molecule has 0 aliphatic rings. The zero-order valence-electron chi connectivity index (χ0n) is 7.88. The van der Waals surface area contributed by atoms with Gasteiger partial charge in [0.2, 0.25) is 0 Å². The molecule has 0 aliphatic carbocycles. The van der Waals surface area contributed by atoms with Crippen LogP contribution in [0.5, 0.6) is 5.75 Å². The summed E-state index contributed by atoms with van der Waals surface area (Å²) in [5.41, 5.74) is 0.602. The largest absolute Gasteiger partial charge is 0.495 e. The quantitative estimate of drug-likeness (QED) is 0.867. The predicted octanol–water partition coefficient (Wildman–Crippen LogP) is 2.77. The first-order chi connectivity index (χ1) is 7.04. The van der Waals surface area contributed by atoms with E-state index in [0.717, 1.165) is 0 Å². The molecule has 0 spiro atoms. The van der Waals surface area contributed by atoms with Gasteiger partial charge in [0, 0.05) is 17.6 Å². The monoisotopic (exact) mass is 249 g/mol. The molecule has 0 aromatic heterocycles. The van der Waals surface area contributed by atoms with Crippen molar-refractivity contribution in [3.05, 3.63) is 27.7 Å². The molecule has 0 unspecified atom stereocenters. The van der Waals surface area contributed by atoms with Gasteiger partial charge in [0.1, 0.15) is 5.75 Å². The Balaban J connectivity index is 2.90. The van der Waals surface area contributed by atoms with Crippen molar-refractivity contribution >= 4 is 29.3 Å². The highest BCUT2D eigenvalue weighted by molar-refractivity contribution is 6.34. The van der Waals surface area contributed by atoms with E-state index in [0.29, 0.717) is 21.4 Å². The lowest BCUT2D eigenvalue weighted by atomic mass is 10.2. The summed E-state index contributed by atoms with van der Waals surface area (Å²) < 4.78 is 4.95. The Kier molecular flexibility index (Phi) is 4.05. The maximum absolute atomic E-state index is 10.3. The van der Waals surface area contributed by atoms with Crippen LogP contribution >= 0.6 is 23.2 Å². The van der Waals surface area contributed by atoms with Gasteiger partial charge in [-0.05, 0) is 11.6 Å². The zero-order chi connectivity index (χ0) is 11.4. The topological polar surface area (TPSA) is 58.6 Å². The third kappa shape index (κ3) is 3.18. The first-order valence-corrected chi connectivity index (χ1v) is 4.79. The van der Waals surface area contributed by atoms with Crippen molar-refractivity contribution in [1.82, 2.24) is 5.32 Å². The molecule has 0 atom stereocenters. The van der Waals surface area contributed by atoms with Crippen LogP contribution in [0, 0.1) is 0 Å². The number of halogens is 2. The van der Waals surface area contributed by atoms with Crippen LogP contribution in [0.1, 0.15) is 5.56 Å². The average Bonchev–Trinajstić information content (AvgIpc) is 2.18. The molecule has 1 aromatic rings. The maximum atomic E-state index is 10.3. The molecule has 82 valence electrons. The summed E-state index contributed by atoms with van der Waals surface area (Å²) in [5, 5.41) is 11.4. The third-order valence-electron chi connectivity index (χ3n) is 1.75. The van der Waals surface area contributed by atoms with Crippen molar-refractivity contribution in [1.29, 1.82) is 0 Å². The number of hydrogen-bond acceptors (Lipinski definition) is 2. The molecule has 0 aliphatic heterocycles. The number of rotatable bonds is 3. The Labute approximate surface area is 96.8 Å². The van der Waals surface area contributed by atoms with Crippen LogP contribution in [0.4, 0.5) is 4.79 Å². The van der Waals surface area contributed by atoms with Gasteiger partial charge in [-0.15, -0.1) is 0 Å². The maximum Gasteiger partial charge on any atom is 0.404 e. The molecule has 0 heterocycles. The highest BCUT2D eigenvalue weighted by atomic mass is 35.5. The van der Waals surface area contributed by atoms with Gasteiger partial charge in [-0.2, -0.15) is 0 Å². The standard InChI is InChI=1S/C9H9Cl2NO3/c1-15-8-3-6(10)5(2-7(8)11)4-12-9(13)14/h2-3,12H,4H2,1H3,(H,13,14). The van der Waals surface area contributed by atoms with Gasteiger partial charge < -0.3 is 15.2 Å². The van der Waals surface area contributed by atoms with Crippen molar-refractivity contribution in [3.63, 3.8) is 0 Å². The van der Waals surface area contributed by atoms with Gasteiger partial charge in [-0.1, -0.05) is 23.2 Å². The van der Waals surface area contributed by atoms with E-state index in [4.69, 9.17) is 33.0 Å². The second kappa shape index (κ2) is 5.09. The number of amides is 1. The minimum absolute atomic E-state index is 0.109. The Morgan fingerprint density at radius 3 is 2.67 bits per heavy atom. The zero-order valence-corrected chi connectivity index (χ0v) is 9.39. The molecule has 1 rings (SSSR count). The van der Waals surface area contributed by atoms with Crippen LogP contribution < -0.4 is 10.1 Å². The lowest BCUT2D eigenvalue weighted by Gasteiger charge is -2.08. The summed E-state index contributed by atoms with van der Waals surface area (Å²) in [6, 6.07) is 3.11. The fourth-order valence-corrected chi connectivity index (χ4v) is 1.52. The SMILES string of the molecule is COc1cc(Cl)c(CNC(=O)O)cc1Cl. The van der Waals surface area contributed by atoms with E-state index < -0.39 is 6.09 Å². The number of ether oxygens (including phenoxy) is 1. The molecule has 0 saturated carbocycles. The Morgan fingerprint density at radius 1 is 1.47 bits per heavy atom. The fraction of sp³-hybridized carbons (Fsp3) is 0.222. The number of carbonyl (C=O) groups is 1. The minimum Gasteiger partial charge on any atom is -0.495 e. The number of carboxylic acid groups (broad SMARTS) is 1. The van der Waals surface area contributed by atoms with Crippen LogP contribution in [-0.4, -0.2) is 18.3 Å². The molecule has 15 heavy (non-hydrogen) atoms. The van der Waals surface area contributed by atoms with E-state index in [1.807, 2.05) is 0 Å². The van der Waals surface area contributed by atoms with Crippen molar-refractivity contribution < 1.29 is 14.6 Å². The van der Waals surface area contributed by atoms with Crippen LogP contribution in [-0.2, 0) is 6.54 Å². The Morgan fingerprint density at radius 2 is 2.13 bits per heavy atom. The predicted molar refractivity (Wildman–Crippen MR) is 57.9 cm³/mol. The molecule has 4 nitrogen and oxygen atoms in total. The van der Waals surface area contributed by atoms with E-state index in [9.17, 15) is 4.79 Å². The normalized spacial score (nSPS) is 9.80. The first-order valence-electron chi connectivity index (χ1n) is 4.03. The van der Waals surface area contributed by atoms with Gasteiger partial charge in [0.05, 0.1) is 12.1 Å². The van der Waals surface area contributed by atoms with Crippen molar-refractivity contribution in [3.8, 4) is 5.75 Å². The molecule has 0 bridgehead atoms. The van der Waals surface area contributed by atoms with E-state index >= 15 is 0 Å². The van der Waals surface area contributed by atoms with Crippen LogP contribution in [0.3, 0.4) is 0 Å². The number of methoxy groups -OCH3 is 1. The van der Waals surface area contributed by atoms with Gasteiger partial charge in [-0.3, -0.25) is 0 Å². The lowest BCUT2D eigenvalue weighted by Crippen LogP contribution is -2.20. The van der Waals surface area contributed by atoms with E-state index in [1.54, 1.807) is 12.1 Å². The second-order valence-electron chi connectivity index (χ2n) is 2.74. The molecule has 0 saturated heterocycles. The molecule has 0 fully saturated rings. The summed E-state index contributed by atoms with van der Waals surface area (Å²) in [6.07, 6.45) is -1.11. The minimum atomic E-state index is -1.11. The Hall–Kier alpha value is -1.13. The van der Waals surface area contributed by atoms with Crippen LogP contribution in [0.25, 0.3) is 0 Å². The van der Waals surface area contributed by atoms with Gasteiger partial charge in [0.25, 0.3) is 0 Å². The number of benzene rings is 1. The van der Waals surface area contributed by atoms with Crippen molar-refractivity contribution in [2.75, 3.05) is 7.11 Å². The molecule has 1 amide bonds. The average molecular weight is 250 g/mol. The lowest BCUT2D eigenvalue weighted by molar-refractivity contribution is 0.194. The smallest absolute Gasteiger partial charge is 0.404 e. The molecule has 0 radical (unpaired) electrons. The third-order valence-corrected chi connectivity index (χ3v) is 2.40. The van der Waals surface area contributed by atoms with Crippen LogP contribution in [0.2, 0.25) is 10.0 Å². The van der Waals surface area contributed by atoms with Crippen molar-refractivity contribution in [2.45, 2.75) is 6.54 Å². The molecule has 6 heteroatoms. The molecular weight excluding hydrogens is 241 g/mol. The van der Waals surface area contributed by atoms with E-state index in [2.05, 4.69) is 5.32 Å². The van der Waals surface area contributed by atoms with Crippen LogP contribution in [0.15, 0.2) is 12.1 Å². The molecule has 1 aromatic carbocycles. The Bertz CT molecular complexity index is 382. The number of nitrogens with one attached hydrogen (secondary N) is 1. The van der Waals surface area contributed by atoms with Gasteiger partial charge in [0.15, 0.2) is 0 Å². The van der Waals surface area contributed by atoms with E-state index in [-0.39, 0.29) is 6.54 Å². The van der Waals surface area contributed by atoms with E-state index in [1.165, 1.54) is 7.11 Å². The summed E-state index contributed by atoms with van der Waals surface area (Å²) >= 11 is 11.7. The summed E-state index contributed by atoms with van der Waals surface area (Å²) in [7, 11) is 1.48. The molecule has 2 N–H and O–H groups in total. The second-order valence-corrected chi connectivity index (χ2v) is 3.55. The van der Waals surface area contributed by atoms with Gasteiger partial charge in [-0.25, -0.2) is 4.79 Å².